The molecule has 0 saturated carbocycles. The highest BCUT2D eigenvalue weighted by Crippen LogP contribution is 2.16. The highest BCUT2D eigenvalue weighted by Gasteiger charge is 2.08. The molecule has 8 heteroatoms. The quantitative estimate of drug-likeness (QED) is 0.745. The van der Waals surface area contributed by atoms with Gasteiger partial charge in [-0.3, -0.25) is 0 Å². The summed E-state index contributed by atoms with van der Waals surface area (Å²) in [4.78, 5) is 21.5. The molecule has 0 radical (unpaired) electrons. The lowest BCUT2D eigenvalue weighted by Crippen LogP contribution is -2.34. The number of carbonyl (C=O) groups is 1. The van der Waals surface area contributed by atoms with E-state index >= 15 is 0 Å². The average molecular weight is 342 g/mol. The number of carbonyl (C=O) groups excluding carboxylic acids is 1. The summed E-state index contributed by atoms with van der Waals surface area (Å²) in [5.41, 5.74) is 1.89. The Morgan fingerprint density at radius 2 is 1.92 bits per heavy atom. The van der Waals surface area contributed by atoms with Crippen LogP contribution in [-0.4, -0.2) is 25.8 Å². The van der Waals surface area contributed by atoms with Crippen LogP contribution in [0.4, 0.5) is 4.79 Å². The maximum absolute atomic E-state index is 11.9. The number of hydrogen-bond acceptors (Lipinski definition) is 5. The molecule has 2 N–H and O–H groups in total. The van der Waals surface area contributed by atoms with Gasteiger partial charge in [0.1, 0.15) is 6.33 Å². The van der Waals surface area contributed by atoms with Gasteiger partial charge in [-0.2, -0.15) is 0 Å². The second-order valence-corrected chi connectivity index (χ2v) is 6.51. The van der Waals surface area contributed by atoms with Crippen LogP contribution < -0.4 is 10.6 Å². The lowest BCUT2D eigenvalue weighted by atomic mass is 10.3. The molecule has 2 heterocycles. The predicted octanol–water partition coefficient (Wildman–Crippen LogP) is 2.34. The Labute approximate surface area is 143 Å². The lowest BCUT2D eigenvalue weighted by molar-refractivity contribution is 0.240. The topological polar surface area (TPSA) is 84.7 Å². The van der Waals surface area contributed by atoms with Crippen molar-refractivity contribution in [3.05, 3.63) is 58.1 Å². The number of aromatic nitrogens is 4. The summed E-state index contributed by atoms with van der Waals surface area (Å²) in [6, 6.07) is 9.45. The van der Waals surface area contributed by atoms with Gasteiger partial charge in [-0.15, -0.1) is 16.4 Å². The Kier molecular flexibility index (Phi) is 4.85. The SMILES string of the molecule is Cc1nc(C)c(CNC(=O)NCc2ncn(-c3ccccc3)n2)s1. The summed E-state index contributed by atoms with van der Waals surface area (Å²) >= 11 is 1.59. The fourth-order valence-corrected chi connectivity index (χ4v) is 3.08. The molecule has 0 aliphatic rings. The molecule has 0 fully saturated rings. The Hall–Kier alpha value is -2.74. The predicted molar refractivity (Wildman–Crippen MR) is 92.0 cm³/mol. The molecule has 3 aromatic rings. The van der Waals surface area contributed by atoms with Crippen molar-refractivity contribution in [1.82, 2.24) is 30.4 Å². The molecule has 2 amide bonds. The Morgan fingerprint density at radius 1 is 1.17 bits per heavy atom. The Bertz CT molecular complexity index is 826. The summed E-state index contributed by atoms with van der Waals surface area (Å²) in [5, 5.41) is 10.9. The third-order valence-corrected chi connectivity index (χ3v) is 4.45. The van der Waals surface area contributed by atoms with Crippen LogP contribution >= 0.6 is 11.3 Å². The summed E-state index contributed by atoms with van der Waals surface area (Å²) < 4.78 is 1.68. The van der Waals surface area contributed by atoms with E-state index in [-0.39, 0.29) is 12.6 Å². The fraction of sp³-hybridized carbons (Fsp3) is 0.250. The van der Waals surface area contributed by atoms with Crippen molar-refractivity contribution in [2.24, 2.45) is 0 Å². The molecule has 0 spiro atoms. The van der Waals surface area contributed by atoms with Crippen molar-refractivity contribution in [1.29, 1.82) is 0 Å². The fourth-order valence-electron chi connectivity index (χ4n) is 2.20. The first kappa shape index (κ1) is 16.1. The number of amides is 2. The number of urea groups is 1. The molecule has 0 aliphatic heterocycles. The maximum atomic E-state index is 11.9. The minimum absolute atomic E-state index is 0.253. The lowest BCUT2D eigenvalue weighted by Gasteiger charge is -2.05. The maximum Gasteiger partial charge on any atom is 0.315 e. The largest absolute Gasteiger partial charge is 0.333 e. The third-order valence-electron chi connectivity index (χ3n) is 3.38. The Balaban J connectivity index is 1.50. The molecule has 3 rings (SSSR count). The van der Waals surface area contributed by atoms with E-state index in [4.69, 9.17) is 0 Å². The van der Waals surface area contributed by atoms with Gasteiger partial charge in [-0.1, -0.05) is 18.2 Å². The van der Waals surface area contributed by atoms with Crippen LogP contribution in [0.5, 0.6) is 0 Å². The van der Waals surface area contributed by atoms with Gasteiger partial charge in [-0.05, 0) is 26.0 Å². The first-order valence-corrected chi connectivity index (χ1v) is 8.34. The van der Waals surface area contributed by atoms with Gasteiger partial charge in [0.25, 0.3) is 0 Å². The summed E-state index contributed by atoms with van der Waals surface area (Å²) in [6.45, 7) is 4.63. The molecular weight excluding hydrogens is 324 g/mol. The van der Waals surface area contributed by atoms with Crippen LogP contribution in [0.15, 0.2) is 36.7 Å². The molecule has 0 bridgehead atoms. The van der Waals surface area contributed by atoms with Crippen molar-refractivity contribution in [2.75, 3.05) is 0 Å². The van der Waals surface area contributed by atoms with Gasteiger partial charge in [-0.25, -0.2) is 19.4 Å². The van der Waals surface area contributed by atoms with E-state index < -0.39 is 0 Å². The molecule has 2 aromatic heterocycles. The van der Waals surface area contributed by atoms with Gasteiger partial charge < -0.3 is 10.6 Å². The first-order valence-electron chi connectivity index (χ1n) is 7.52. The first-order chi connectivity index (χ1) is 11.6. The number of rotatable bonds is 5. The van der Waals surface area contributed by atoms with Crippen molar-refractivity contribution in [2.45, 2.75) is 26.9 Å². The summed E-state index contributed by atoms with van der Waals surface area (Å²) in [6.07, 6.45) is 1.63. The highest BCUT2D eigenvalue weighted by molar-refractivity contribution is 7.11. The van der Waals surface area contributed by atoms with E-state index in [1.807, 2.05) is 44.2 Å². The molecule has 7 nitrogen and oxygen atoms in total. The number of thiazole rings is 1. The van der Waals surface area contributed by atoms with Crippen LogP contribution in [0.2, 0.25) is 0 Å². The molecule has 1 aromatic carbocycles. The average Bonchev–Trinajstić information content (AvgIpc) is 3.18. The van der Waals surface area contributed by atoms with E-state index in [0.29, 0.717) is 12.4 Å². The molecule has 0 saturated heterocycles. The molecule has 0 atom stereocenters. The van der Waals surface area contributed by atoms with Crippen LogP contribution in [0.1, 0.15) is 21.4 Å². The van der Waals surface area contributed by atoms with Crippen molar-refractivity contribution in [3.63, 3.8) is 0 Å². The third kappa shape index (κ3) is 3.96. The zero-order valence-electron chi connectivity index (χ0n) is 13.5. The molecular formula is C16H18N6OS. The van der Waals surface area contributed by atoms with Gasteiger partial charge in [0.2, 0.25) is 0 Å². The zero-order chi connectivity index (χ0) is 16.9. The van der Waals surface area contributed by atoms with Crippen LogP contribution in [0.25, 0.3) is 5.69 Å². The summed E-state index contributed by atoms with van der Waals surface area (Å²) in [7, 11) is 0. The van der Waals surface area contributed by atoms with Crippen LogP contribution in [-0.2, 0) is 13.1 Å². The van der Waals surface area contributed by atoms with Gasteiger partial charge in [0.15, 0.2) is 5.82 Å². The highest BCUT2D eigenvalue weighted by atomic mass is 32.1. The second-order valence-electron chi connectivity index (χ2n) is 5.22. The van der Waals surface area contributed by atoms with Gasteiger partial charge in [0.05, 0.1) is 29.5 Å². The van der Waals surface area contributed by atoms with Gasteiger partial charge in [0, 0.05) is 4.88 Å². The van der Waals surface area contributed by atoms with Gasteiger partial charge >= 0.3 is 6.03 Å². The number of aryl methyl sites for hydroxylation is 2. The molecule has 0 unspecified atom stereocenters. The number of para-hydroxylation sites is 1. The molecule has 0 aliphatic carbocycles. The normalized spacial score (nSPS) is 10.6. The van der Waals surface area contributed by atoms with Crippen LogP contribution in [0.3, 0.4) is 0 Å². The van der Waals surface area contributed by atoms with E-state index in [1.54, 1.807) is 22.3 Å². The minimum atomic E-state index is -0.253. The van der Waals surface area contributed by atoms with Crippen molar-refractivity contribution >= 4 is 17.4 Å². The minimum Gasteiger partial charge on any atom is -0.333 e. The number of nitrogens with one attached hydrogen (secondary N) is 2. The van der Waals surface area contributed by atoms with E-state index in [9.17, 15) is 4.79 Å². The number of hydrogen-bond donors (Lipinski definition) is 2. The van der Waals surface area contributed by atoms with E-state index in [0.717, 1.165) is 21.3 Å². The monoisotopic (exact) mass is 342 g/mol. The van der Waals surface area contributed by atoms with E-state index in [2.05, 4.69) is 25.7 Å². The number of nitrogens with zero attached hydrogens (tertiary/aromatic N) is 4. The smallest absolute Gasteiger partial charge is 0.315 e. The summed E-state index contributed by atoms with van der Waals surface area (Å²) in [5.74, 6) is 0.554. The standard InChI is InChI=1S/C16H18N6OS/c1-11-14(24-12(2)20-11)8-17-16(23)18-9-15-19-10-22(21-15)13-6-4-3-5-7-13/h3-7,10H,8-9H2,1-2H3,(H2,17,18,23). The van der Waals surface area contributed by atoms with Crippen LogP contribution in [0, 0.1) is 13.8 Å². The van der Waals surface area contributed by atoms with Crippen molar-refractivity contribution in [3.8, 4) is 5.69 Å². The van der Waals surface area contributed by atoms with Crippen molar-refractivity contribution < 1.29 is 4.79 Å². The zero-order valence-corrected chi connectivity index (χ0v) is 14.3. The number of benzene rings is 1. The Morgan fingerprint density at radius 3 is 2.62 bits per heavy atom. The molecule has 24 heavy (non-hydrogen) atoms. The second kappa shape index (κ2) is 7.22. The van der Waals surface area contributed by atoms with E-state index in [1.165, 1.54) is 0 Å². The molecule has 124 valence electrons.